The van der Waals surface area contributed by atoms with Crippen LogP contribution < -0.4 is 11.1 Å². The van der Waals surface area contributed by atoms with E-state index in [1.165, 1.54) is 57.8 Å². The maximum atomic E-state index is 6.62. The minimum Gasteiger partial charge on any atom is -0.398 e. The molecule has 1 aromatic rings. The maximum Gasteiger partial charge on any atom is 0.106 e. The Morgan fingerprint density at radius 3 is 2.38 bits per heavy atom. The zero-order valence-corrected chi connectivity index (χ0v) is 35.4. The van der Waals surface area contributed by atoms with Crippen LogP contribution >= 0.6 is 11.6 Å². The number of nitrogen functional groups attached to an aromatic ring is 1. The summed E-state index contributed by atoms with van der Waals surface area (Å²) in [5, 5.41) is 4.23. The van der Waals surface area contributed by atoms with E-state index >= 15 is 0 Å². The summed E-state index contributed by atoms with van der Waals surface area (Å²) >= 11 is 6.62. The number of hydrogen-bond acceptors (Lipinski definition) is 2. The highest BCUT2D eigenvalue weighted by Crippen LogP contribution is 2.45. The number of amidine groups is 1. The molecule has 3 aliphatic rings. The van der Waals surface area contributed by atoms with Gasteiger partial charge in [0.05, 0.1) is 10.7 Å². The molecule has 0 amide bonds. The molecule has 4 heteroatoms. The van der Waals surface area contributed by atoms with E-state index in [0.29, 0.717) is 22.0 Å². The first-order valence-corrected chi connectivity index (χ1v) is 21.1. The maximum absolute atomic E-state index is 6.62. The van der Waals surface area contributed by atoms with Gasteiger partial charge < -0.3 is 11.1 Å². The molecular formula is C49H72ClN3. The number of hydrogen-bond donors (Lipinski definition) is 2. The van der Waals surface area contributed by atoms with Gasteiger partial charge in [-0.15, -0.1) is 0 Å². The monoisotopic (exact) mass is 738 g/mol. The minimum atomic E-state index is 0.115. The molecule has 0 spiro atoms. The van der Waals surface area contributed by atoms with Crippen molar-refractivity contribution in [3.05, 3.63) is 119 Å². The minimum absolute atomic E-state index is 0.115. The van der Waals surface area contributed by atoms with Crippen molar-refractivity contribution in [1.29, 1.82) is 0 Å². The summed E-state index contributed by atoms with van der Waals surface area (Å²) in [6.07, 6.45) is 30.4. The standard InChI is InChI=1S/C33H40ClN3.C16H32/c1-8-12-31(36-27-17-15-21(4)19-25(9-2)16-18-27)37-33-24(7)22(5)23(6)28(20-26(33)10-3)32-29(34)13-11-14-30(32)35;1-5-7-8-14(3)13-16(4)11-9-15(6-2)10-12-16/h9-11,13-14,16-22,24H,2-3,6,8,12,15,35H2,1,4-5,7H3,(H,36,37);14-15H,5-13H2,1-4H3/b18-16?,25-19?,27-17-;. The van der Waals surface area contributed by atoms with E-state index in [0.717, 1.165) is 76.2 Å². The number of halogens is 1. The molecule has 4 unspecified atom stereocenters. The molecule has 290 valence electrons. The highest BCUT2D eigenvalue weighted by molar-refractivity contribution is 6.33. The van der Waals surface area contributed by atoms with Crippen LogP contribution in [0.4, 0.5) is 5.69 Å². The highest BCUT2D eigenvalue weighted by atomic mass is 35.5. The summed E-state index contributed by atoms with van der Waals surface area (Å²) in [6, 6.07) is 5.60. The van der Waals surface area contributed by atoms with Gasteiger partial charge in [0.1, 0.15) is 5.84 Å². The van der Waals surface area contributed by atoms with E-state index in [1.54, 1.807) is 0 Å². The van der Waals surface area contributed by atoms with Crippen molar-refractivity contribution in [1.82, 2.24) is 5.32 Å². The lowest BCUT2D eigenvalue weighted by molar-refractivity contribution is 0.131. The van der Waals surface area contributed by atoms with Gasteiger partial charge >= 0.3 is 0 Å². The molecule has 3 aliphatic carbocycles. The van der Waals surface area contributed by atoms with E-state index in [9.17, 15) is 0 Å². The van der Waals surface area contributed by atoms with Gasteiger partial charge in [0.15, 0.2) is 0 Å². The largest absolute Gasteiger partial charge is 0.398 e. The molecule has 3 N–H and O–H groups in total. The quantitative estimate of drug-likeness (QED) is 0.120. The van der Waals surface area contributed by atoms with Gasteiger partial charge in [-0.2, -0.15) is 0 Å². The molecule has 0 saturated heterocycles. The van der Waals surface area contributed by atoms with Crippen LogP contribution in [0.3, 0.4) is 0 Å². The molecule has 1 saturated carbocycles. The second-order valence-electron chi connectivity index (χ2n) is 16.5. The van der Waals surface area contributed by atoms with Crippen molar-refractivity contribution < 1.29 is 0 Å². The van der Waals surface area contributed by atoms with Crippen LogP contribution in [-0.4, -0.2) is 5.84 Å². The Hall–Kier alpha value is -3.30. The molecular weight excluding hydrogens is 666 g/mol. The van der Waals surface area contributed by atoms with Crippen molar-refractivity contribution in [3.8, 4) is 0 Å². The third kappa shape index (κ3) is 12.9. The first-order valence-electron chi connectivity index (χ1n) is 20.7. The smallest absolute Gasteiger partial charge is 0.106 e. The molecule has 1 fully saturated rings. The zero-order chi connectivity index (χ0) is 39.1. The normalized spacial score (nSPS) is 26.8. The summed E-state index contributed by atoms with van der Waals surface area (Å²) in [6.45, 7) is 31.0. The number of nitrogens with zero attached hydrogens (tertiary/aromatic N) is 1. The second kappa shape index (κ2) is 21.6. The lowest BCUT2D eigenvalue weighted by Crippen LogP contribution is -2.26. The number of rotatable bonds is 13. The Bertz CT molecular complexity index is 1570. The average molecular weight is 739 g/mol. The Labute approximate surface area is 330 Å². The van der Waals surface area contributed by atoms with Crippen LogP contribution in [0.15, 0.2) is 114 Å². The van der Waals surface area contributed by atoms with E-state index in [1.807, 2.05) is 30.4 Å². The second-order valence-corrected chi connectivity index (χ2v) is 16.9. The van der Waals surface area contributed by atoms with Crippen LogP contribution in [-0.2, 0) is 0 Å². The van der Waals surface area contributed by atoms with Crippen LogP contribution in [0, 0.1) is 35.0 Å². The first kappa shape index (κ1) is 44.1. The van der Waals surface area contributed by atoms with Crippen molar-refractivity contribution in [2.24, 2.45) is 40.0 Å². The molecule has 53 heavy (non-hydrogen) atoms. The van der Waals surface area contributed by atoms with Gasteiger partial charge in [-0.1, -0.05) is 149 Å². The Balaban J connectivity index is 0.000000395. The number of allylic oxidation sites excluding steroid dienone is 12. The number of benzene rings is 1. The number of nitrogens with two attached hydrogens (primary N) is 1. The number of anilines is 1. The SMILES string of the molecule is C=CC1=CC(C)C/C=C(\NC(CCC)=NC2=C(C=C)C=C(c3c(N)cccc3Cl)C(=C)C(C)C2C)C=C1.CCCCC(C)CC1(C)CCC(CC)CC1. The molecule has 0 aromatic heterocycles. The van der Waals surface area contributed by atoms with Crippen LogP contribution in [0.25, 0.3) is 5.57 Å². The number of aliphatic imine (C=N–C) groups is 1. The molecule has 3 nitrogen and oxygen atoms in total. The van der Waals surface area contributed by atoms with E-state index in [-0.39, 0.29) is 11.8 Å². The lowest BCUT2D eigenvalue weighted by atomic mass is 9.67. The Kier molecular flexibility index (Phi) is 17.9. The third-order valence-electron chi connectivity index (χ3n) is 11.9. The van der Waals surface area contributed by atoms with Crippen molar-refractivity contribution in [2.45, 2.75) is 132 Å². The van der Waals surface area contributed by atoms with E-state index in [4.69, 9.17) is 22.3 Å². The predicted molar refractivity (Wildman–Crippen MR) is 237 cm³/mol. The zero-order valence-electron chi connectivity index (χ0n) is 34.7. The molecule has 1 aromatic carbocycles. The summed E-state index contributed by atoms with van der Waals surface area (Å²) in [7, 11) is 0. The van der Waals surface area contributed by atoms with E-state index < -0.39 is 0 Å². The molecule has 0 radical (unpaired) electrons. The highest BCUT2D eigenvalue weighted by Gasteiger charge is 2.32. The number of unbranched alkanes of at least 4 members (excludes halogenated alkanes) is 1. The van der Waals surface area contributed by atoms with Crippen LogP contribution in [0.1, 0.15) is 138 Å². The van der Waals surface area contributed by atoms with Crippen LogP contribution in [0.5, 0.6) is 0 Å². The fraction of sp³-hybridized carbons (Fsp3) is 0.531. The molecule has 0 aliphatic heterocycles. The summed E-state index contributed by atoms with van der Waals surface area (Å²) in [4.78, 5) is 5.24. The van der Waals surface area contributed by atoms with Gasteiger partial charge in [0, 0.05) is 29.3 Å². The third-order valence-corrected chi connectivity index (χ3v) is 12.2. The molecule has 4 rings (SSSR count). The topological polar surface area (TPSA) is 50.4 Å². The van der Waals surface area contributed by atoms with Crippen molar-refractivity contribution >= 4 is 28.7 Å². The molecule has 0 heterocycles. The summed E-state index contributed by atoms with van der Waals surface area (Å²) in [5.41, 5.74) is 14.5. The summed E-state index contributed by atoms with van der Waals surface area (Å²) < 4.78 is 0. The fourth-order valence-corrected chi connectivity index (χ4v) is 8.47. The summed E-state index contributed by atoms with van der Waals surface area (Å²) in [5.74, 6) is 3.60. The first-order chi connectivity index (χ1) is 25.3. The van der Waals surface area contributed by atoms with Gasteiger partial charge in [0.2, 0.25) is 0 Å². The van der Waals surface area contributed by atoms with Gasteiger partial charge in [-0.05, 0) is 121 Å². The Morgan fingerprint density at radius 2 is 1.77 bits per heavy atom. The number of nitrogens with one attached hydrogen (secondary N) is 1. The van der Waals surface area contributed by atoms with E-state index in [2.05, 4.69) is 111 Å². The predicted octanol–water partition coefficient (Wildman–Crippen LogP) is 14.8. The lowest BCUT2D eigenvalue weighted by Gasteiger charge is -2.39. The molecule has 0 bridgehead atoms. The van der Waals surface area contributed by atoms with Gasteiger partial charge in [0.25, 0.3) is 0 Å². The van der Waals surface area contributed by atoms with Gasteiger partial charge in [-0.3, -0.25) is 0 Å². The fourth-order valence-electron chi connectivity index (χ4n) is 8.18. The average Bonchev–Trinajstić information content (AvgIpc) is 3.21. The molecule has 4 atom stereocenters. The Morgan fingerprint density at radius 1 is 1.06 bits per heavy atom. The van der Waals surface area contributed by atoms with Crippen molar-refractivity contribution in [2.75, 3.05) is 5.73 Å². The van der Waals surface area contributed by atoms with Crippen LogP contribution in [0.2, 0.25) is 5.02 Å². The van der Waals surface area contributed by atoms with Crippen molar-refractivity contribution in [3.63, 3.8) is 0 Å². The van der Waals surface area contributed by atoms with Gasteiger partial charge in [-0.25, -0.2) is 4.99 Å².